The molecule has 8 heteroatoms. The van der Waals surface area contributed by atoms with E-state index in [1.807, 2.05) is 22.7 Å². The van der Waals surface area contributed by atoms with Crippen molar-refractivity contribution in [2.45, 2.75) is 0 Å². The summed E-state index contributed by atoms with van der Waals surface area (Å²) in [4.78, 5) is 4.72. The van der Waals surface area contributed by atoms with Gasteiger partial charge >= 0.3 is 0 Å². The number of benzene rings is 11. The molecule has 0 spiro atoms. The first-order chi connectivity index (χ1) is 37.6. The average molecular weight is 996 g/mol. The molecule has 11 aromatic carbocycles. The lowest BCUT2D eigenvalue weighted by atomic mass is 9.34. The Bertz CT molecular complexity index is 5140. The Balaban J connectivity index is 1.02. The van der Waals surface area contributed by atoms with E-state index in [0.717, 1.165) is 105 Å². The van der Waals surface area contributed by atoms with E-state index in [2.05, 4.69) is 226 Å². The summed E-state index contributed by atoms with van der Waals surface area (Å²) in [5.41, 5.74) is 17.0. The monoisotopic (exact) mass is 995 g/mol. The van der Waals surface area contributed by atoms with Gasteiger partial charge in [0.2, 0.25) is 5.69 Å². The normalized spacial score (nSPS) is 12.7. The van der Waals surface area contributed by atoms with Crippen LogP contribution in [0.5, 0.6) is 0 Å². The molecule has 0 bridgehead atoms. The maximum Gasteiger partial charge on any atom is 0.250 e. The second-order valence-corrected chi connectivity index (χ2v) is 22.6. The highest BCUT2D eigenvalue weighted by Gasteiger charge is 2.44. The topological polar surface area (TPSA) is 42.9 Å². The van der Waals surface area contributed by atoms with E-state index in [9.17, 15) is 11.8 Å². The number of aromatic nitrogens is 3. The standard InChI is InChI=1S/C68H34BN5S2/c1-71-63-67(51(36-70)66-62-68(63)74-55-21-7-3-13-42(55)48-17-11-19-53(65(48)74)69(62)52-18-10-16-47-41-12-2-6-20-54(41)73(66)64(47)52)72-56-34-39(37-26-30-60-49(32-37)45-14-4-8-22-58(45)75-60)24-28-43(56)44-29-25-40(35-57(44)72)38-27-31-61-50(33-38)46-15-5-9-23-59(46)76-61/h2-35H. The Labute approximate surface area is 442 Å². The number of nitrogens with zero attached hydrogens (tertiary/aromatic N) is 5. The molecule has 0 atom stereocenters. The third kappa shape index (κ3) is 5.03. The van der Waals surface area contributed by atoms with Crippen molar-refractivity contribution in [3.63, 3.8) is 0 Å². The van der Waals surface area contributed by atoms with Crippen LogP contribution in [-0.4, -0.2) is 20.4 Å². The zero-order valence-corrected chi connectivity index (χ0v) is 41.9. The van der Waals surface area contributed by atoms with Crippen molar-refractivity contribution in [1.29, 1.82) is 5.26 Å². The zero-order chi connectivity index (χ0) is 49.7. The number of para-hydroxylation sites is 4. The molecule has 18 rings (SSSR count). The number of thiophene rings is 2. The van der Waals surface area contributed by atoms with Crippen molar-refractivity contribution < 1.29 is 0 Å². The lowest BCUT2D eigenvalue weighted by Crippen LogP contribution is -2.59. The van der Waals surface area contributed by atoms with Crippen LogP contribution in [0, 0.1) is 17.9 Å². The minimum atomic E-state index is -0.241. The fourth-order valence-corrected chi connectivity index (χ4v) is 16.0. The van der Waals surface area contributed by atoms with Crippen molar-refractivity contribution in [2.75, 3.05) is 0 Å². The van der Waals surface area contributed by atoms with Crippen LogP contribution in [0.25, 0.3) is 150 Å². The Morgan fingerprint density at radius 3 is 1.34 bits per heavy atom. The molecule has 0 radical (unpaired) electrons. The highest BCUT2D eigenvalue weighted by molar-refractivity contribution is 7.26. The maximum atomic E-state index is 12.3. The summed E-state index contributed by atoms with van der Waals surface area (Å²) in [5, 5.41) is 24.0. The first-order valence-corrected chi connectivity index (χ1v) is 27.2. The fourth-order valence-electron chi connectivity index (χ4n) is 13.8. The number of rotatable bonds is 3. The van der Waals surface area contributed by atoms with Crippen LogP contribution in [0.15, 0.2) is 206 Å². The lowest BCUT2D eigenvalue weighted by Gasteiger charge is -2.36. The van der Waals surface area contributed by atoms with Crippen molar-refractivity contribution in [2.24, 2.45) is 0 Å². The number of hydrogen-bond acceptors (Lipinski definition) is 3. The summed E-state index contributed by atoms with van der Waals surface area (Å²) in [6.07, 6.45) is 0. The van der Waals surface area contributed by atoms with E-state index in [0.29, 0.717) is 16.9 Å². The summed E-state index contributed by atoms with van der Waals surface area (Å²) in [5.74, 6) is 0. The summed E-state index contributed by atoms with van der Waals surface area (Å²) in [7, 11) is 0. The second-order valence-electron chi connectivity index (χ2n) is 20.4. The van der Waals surface area contributed by atoms with E-state index < -0.39 is 0 Å². The molecule has 2 aliphatic rings. The number of fused-ring (bicyclic) bond motifs is 19. The van der Waals surface area contributed by atoms with Gasteiger partial charge in [-0.3, -0.25) is 0 Å². The molecule has 0 unspecified atom stereocenters. The average Bonchev–Trinajstić information content (AvgIpc) is 4.41. The molecule has 16 aromatic rings. The van der Waals surface area contributed by atoms with Crippen LogP contribution in [0.1, 0.15) is 5.56 Å². The van der Waals surface area contributed by atoms with Crippen molar-refractivity contribution in [3.8, 4) is 45.4 Å². The second kappa shape index (κ2) is 14.5. The van der Waals surface area contributed by atoms with Gasteiger partial charge in [0.25, 0.3) is 6.71 Å². The van der Waals surface area contributed by atoms with Crippen molar-refractivity contribution in [1.82, 2.24) is 13.7 Å². The third-order valence-electron chi connectivity index (χ3n) is 16.9. The summed E-state index contributed by atoms with van der Waals surface area (Å²) < 4.78 is 12.1. The molecule has 346 valence electrons. The Hall–Kier alpha value is -9.70. The predicted molar refractivity (Wildman–Crippen MR) is 322 cm³/mol. The van der Waals surface area contributed by atoms with Crippen LogP contribution < -0.4 is 16.4 Å². The van der Waals surface area contributed by atoms with Gasteiger partial charge in [-0.2, -0.15) is 5.26 Å². The van der Waals surface area contributed by atoms with Gasteiger partial charge in [0.15, 0.2) is 0 Å². The minimum Gasteiger partial charge on any atom is -0.320 e. The van der Waals surface area contributed by atoms with Crippen LogP contribution >= 0.6 is 22.7 Å². The Morgan fingerprint density at radius 2 is 0.816 bits per heavy atom. The van der Waals surface area contributed by atoms with Crippen molar-refractivity contribution in [3.05, 3.63) is 223 Å². The van der Waals surface area contributed by atoms with E-state index in [4.69, 9.17) is 4.85 Å². The molecular formula is C68H34BN5S2. The number of hydrogen-bond donors (Lipinski definition) is 0. The van der Waals surface area contributed by atoms with Gasteiger partial charge in [0.05, 0.1) is 51.3 Å². The van der Waals surface area contributed by atoms with E-state index >= 15 is 0 Å². The summed E-state index contributed by atoms with van der Waals surface area (Å²) in [6, 6.07) is 78.0. The van der Waals surface area contributed by atoms with E-state index in [1.54, 1.807) is 0 Å². The molecule has 2 aliphatic heterocycles. The minimum absolute atomic E-state index is 0.241. The van der Waals surface area contributed by atoms with Gasteiger partial charge in [0, 0.05) is 83.7 Å². The fraction of sp³-hybridized carbons (Fsp3) is 0. The first kappa shape index (κ1) is 40.7. The van der Waals surface area contributed by atoms with Gasteiger partial charge in [0.1, 0.15) is 6.07 Å². The zero-order valence-electron chi connectivity index (χ0n) is 40.3. The summed E-state index contributed by atoms with van der Waals surface area (Å²) in [6.45, 7) is 9.38. The van der Waals surface area contributed by atoms with Crippen LogP contribution in [0.4, 0.5) is 5.69 Å². The van der Waals surface area contributed by atoms with Crippen LogP contribution in [0.3, 0.4) is 0 Å². The van der Waals surface area contributed by atoms with Gasteiger partial charge in [-0.25, -0.2) is 4.85 Å². The SMILES string of the molecule is [C-]#[N+]c1c(-n2c3cc(-c4ccc5sc6ccccc6c5c4)ccc3c3ccc(-c4ccc5sc6ccccc6c5c4)cc32)c(C#N)c2c3c1-n1c4ccccc4c4cccc(c41)B3c1cccc3c4ccccc4n-2c13. The van der Waals surface area contributed by atoms with Gasteiger partial charge in [-0.15, -0.1) is 22.7 Å². The third-order valence-corrected chi connectivity index (χ3v) is 19.2. The van der Waals surface area contributed by atoms with Crippen LogP contribution in [-0.2, 0) is 0 Å². The largest absolute Gasteiger partial charge is 0.320 e. The Kier molecular flexibility index (Phi) is 7.79. The smallest absolute Gasteiger partial charge is 0.250 e. The molecule has 5 nitrogen and oxygen atoms in total. The molecule has 0 fully saturated rings. The predicted octanol–water partition coefficient (Wildman–Crippen LogP) is 16.6. The van der Waals surface area contributed by atoms with Crippen molar-refractivity contribution >= 4 is 157 Å². The van der Waals surface area contributed by atoms with E-state index in [-0.39, 0.29) is 6.71 Å². The molecular weight excluding hydrogens is 962 g/mol. The van der Waals surface area contributed by atoms with Gasteiger partial charge < -0.3 is 13.7 Å². The molecule has 0 saturated heterocycles. The molecule has 0 saturated carbocycles. The van der Waals surface area contributed by atoms with E-state index in [1.165, 1.54) is 51.3 Å². The van der Waals surface area contributed by atoms with Crippen LogP contribution in [0.2, 0.25) is 0 Å². The molecule has 0 aliphatic carbocycles. The first-order valence-electron chi connectivity index (χ1n) is 25.6. The molecule has 0 amide bonds. The molecule has 0 N–H and O–H groups in total. The maximum absolute atomic E-state index is 12.3. The molecule has 76 heavy (non-hydrogen) atoms. The number of nitriles is 1. The quantitative estimate of drug-likeness (QED) is 0.128. The molecule has 5 aromatic heterocycles. The summed E-state index contributed by atoms with van der Waals surface area (Å²) >= 11 is 3.65. The van der Waals surface area contributed by atoms with Gasteiger partial charge in [-0.1, -0.05) is 146 Å². The highest BCUT2D eigenvalue weighted by atomic mass is 32.1. The van der Waals surface area contributed by atoms with Gasteiger partial charge in [-0.05, 0) is 99.3 Å². The Morgan fingerprint density at radius 1 is 0.382 bits per heavy atom. The lowest BCUT2D eigenvalue weighted by molar-refractivity contribution is 1.10. The highest BCUT2D eigenvalue weighted by Crippen LogP contribution is 2.49. The molecule has 7 heterocycles.